The first-order valence-corrected chi connectivity index (χ1v) is 6.61. The highest BCUT2D eigenvalue weighted by molar-refractivity contribution is 5.46. The third-order valence-corrected chi connectivity index (χ3v) is 3.14. The third kappa shape index (κ3) is 3.31. The number of benzene rings is 2. The minimum absolute atomic E-state index is 0.0582. The number of nitrogens with two attached hydrogens (primary N) is 1. The summed E-state index contributed by atoms with van der Waals surface area (Å²) in [5.41, 5.74) is 6.78. The lowest BCUT2D eigenvalue weighted by atomic mass is 10.1. The molecular formula is C16H17F2NO2. The molecule has 2 aromatic carbocycles. The minimum atomic E-state index is -0.794. The molecule has 0 bridgehead atoms. The first kappa shape index (κ1) is 15.3. The number of rotatable bonds is 5. The van der Waals surface area contributed by atoms with Crippen molar-refractivity contribution in [3.63, 3.8) is 0 Å². The zero-order valence-electron chi connectivity index (χ0n) is 12.0. The molecular weight excluding hydrogens is 276 g/mol. The fraction of sp³-hybridized carbons (Fsp3) is 0.250. The number of hydrogen-bond donors (Lipinski definition) is 1. The maximum atomic E-state index is 13.9. The van der Waals surface area contributed by atoms with Crippen molar-refractivity contribution in [1.82, 2.24) is 0 Å². The molecule has 0 aliphatic heterocycles. The van der Waals surface area contributed by atoms with Crippen molar-refractivity contribution in [2.45, 2.75) is 19.9 Å². The molecule has 0 aliphatic rings. The Bertz CT molecular complexity index is 621. The van der Waals surface area contributed by atoms with E-state index in [0.717, 1.165) is 24.1 Å². The molecule has 0 spiro atoms. The van der Waals surface area contributed by atoms with Crippen LogP contribution in [-0.4, -0.2) is 7.11 Å². The highest BCUT2D eigenvalue weighted by atomic mass is 19.1. The topological polar surface area (TPSA) is 44.5 Å². The van der Waals surface area contributed by atoms with Gasteiger partial charge in [0.15, 0.2) is 28.9 Å². The van der Waals surface area contributed by atoms with Crippen LogP contribution in [-0.2, 0) is 13.0 Å². The third-order valence-electron chi connectivity index (χ3n) is 3.14. The zero-order chi connectivity index (χ0) is 15.4. The fourth-order valence-electron chi connectivity index (χ4n) is 1.95. The molecule has 112 valence electrons. The Morgan fingerprint density at radius 3 is 2.19 bits per heavy atom. The summed E-state index contributed by atoms with van der Waals surface area (Å²) in [7, 11) is 1.48. The molecule has 0 unspecified atom stereocenters. The second kappa shape index (κ2) is 6.54. The van der Waals surface area contributed by atoms with E-state index in [-0.39, 0.29) is 12.3 Å². The summed E-state index contributed by atoms with van der Waals surface area (Å²) in [6.07, 6.45) is 0.824. The Morgan fingerprint density at radius 2 is 1.67 bits per heavy atom. The number of ether oxygens (including phenoxy) is 2. The quantitative estimate of drug-likeness (QED) is 0.912. The number of methoxy groups -OCH3 is 1. The van der Waals surface area contributed by atoms with Crippen LogP contribution in [0.25, 0.3) is 0 Å². The molecule has 0 amide bonds. The normalized spacial score (nSPS) is 10.5. The molecule has 0 saturated heterocycles. The van der Waals surface area contributed by atoms with Crippen LogP contribution in [0.15, 0.2) is 30.3 Å². The van der Waals surface area contributed by atoms with E-state index in [2.05, 4.69) is 0 Å². The van der Waals surface area contributed by atoms with Gasteiger partial charge in [-0.05, 0) is 41.8 Å². The van der Waals surface area contributed by atoms with Crippen molar-refractivity contribution in [2.24, 2.45) is 5.73 Å². The van der Waals surface area contributed by atoms with E-state index in [0.29, 0.717) is 11.3 Å². The van der Waals surface area contributed by atoms with Gasteiger partial charge in [-0.15, -0.1) is 0 Å². The Kier molecular flexibility index (Phi) is 4.75. The number of hydrogen-bond acceptors (Lipinski definition) is 3. The summed E-state index contributed by atoms with van der Waals surface area (Å²) in [4.78, 5) is 0. The van der Waals surface area contributed by atoms with Gasteiger partial charge in [0, 0.05) is 6.54 Å². The van der Waals surface area contributed by atoms with E-state index < -0.39 is 17.4 Å². The van der Waals surface area contributed by atoms with Crippen LogP contribution in [0.5, 0.6) is 17.2 Å². The van der Waals surface area contributed by atoms with Gasteiger partial charge in [0.1, 0.15) is 0 Å². The monoisotopic (exact) mass is 293 g/mol. The van der Waals surface area contributed by atoms with Crippen LogP contribution in [0.4, 0.5) is 8.78 Å². The van der Waals surface area contributed by atoms with Gasteiger partial charge in [0.25, 0.3) is 0 Å². The summed E-state index contributed by atoms with van der Waals surface area (Å²) in [5.74, 6) is -1.37. The van der Waals surface area contributed by atoms with Crippen LogP contribution in [0.3, 0.4) is 0 Å². The molecule has 2 rings (SSSR count). The lowest BCUT2D eigenvalue weighted by Crippen LogP contribution is -2.01. The van der Waals surface area contributed by atoms with Gasteiger partial charge >= 0.3 is 0 Å². The Morgan fingerprint density at radius 1 is 1.00 bits per heavy atom. The standard InChI is InChI=1S/C16H17F2NO2/c1-3-10-4-5-14(15(8-10)20-2)21-16-12(17)6-11(9-19)7-13(16)18/h4-8H,3,9,19H2,1-2H3. The summed E-state index contributed by atoms with van der Waals surface area (Å²) in [6.45, 7) is 2.06. The van der Waals surface area contributed by atoms with Crippen molar-refractivity contribution in [3.05, 3.63) is 53.1 Å². The average molecular weight is 293 g/mol. The molecule has 2 aromatic rings. The summed E-state index contributed by atoms with van der Waals surface area (Å²) < 4.78 is 38.3. The second-order valence-electron chi connectivity index (χ2n) is 4.53. The van der Waals surface area contributed by atoms with E-state index in [4.69, 9.17) is 15.2 Å². The van der Waals surface area contributed by atoms with Crippen LogP contribution in [0.1, 0.15) is 18.1 Å². The summed E-state index contributed by atoms with van der Waals surface area (Å²) in [6, 6.07) is 7.55. The fourth-order valence-corrected chi connectivity index (χ4v) is 1.95. The Balaban J connectivity index is 2.38. The molecule has 0 aromatic heterocycles. The van der Waals surface area contributed by atoms with Gasteiger partial charge in [0.05, 0.1) is 7.11 Å². The Labute approximate surface area is 122 Å². The van der Waals surface area contributed by atoms with Crippen LogP contribution >= 0.6 is 0 Å². The Hall–Kier alpha value is -2.14. The maximum absolute atomic E-state index is 13.9. The largest absolute Gasteiger partial charge is 0.493 e. The van der Waals surface area contributed by atoms with Gasteiger partial charge in [-0.25, -0.2) is 8.78 Å². The van der Waals surface area contributed by atoms with Gasteiger partial charge in [-0.1, -0.05) is 13.0 Å². The number of halogens is 2. The lowest BCUT2D eigenvalue weighted by Gasteiger charge is -2.13. The zero-order valence-corrected chi connectivity index (χ0v) is 12.0. The van der Waals surface area contributed by atoms with Crippen molar-refractivity contribution in [1.29, 1.82) is 0 Å². The molecule has 0 atom stereocenters. The van der Waals surface area contributed by atoms with E-state index in [1.165, 1.54) is 7.11 Å². The average Bonchev–Trinajstić information content (AvgIpc) is 2.50. The molecule has 0 aliphatic carbocycles. The highest BCUT2D eigenvalue weighted by Gasteiger charge is 2.15. The van der Waals surface area contributed by atoms with E-state index in [9.17, 15) is 8.78 Å². The summed E-state index contributed by atoms with van der Waals surface area (Å²) >= 11 is 0. The van der Waals surface area contributed by atoms with Gasteiger partial charge in [-0.2, -0.15) is 0 Å². The predicted octanol–water partition coefficient (Wildman–Crippen LogP) is 3.79. The van der Waals surface area contributed by atoms with Crippen molar-refractivity contribution in [3.8, 4) is 17.2 Å². The highest BCUT2D eigenvalue weighted by Crippen LogP contribution is 2.35. The maximum Gasteiger partial charge on any atom is 0.198 e. The van der Waals surface area contributed by atoms with Crippen molar-refractivity contribution in [2.75, 3.05) is 7.11 Å². The smallest absolute Gasteiger partial charge is 0.198 e. The lowest BCUT2D eigenvalue weighted by molar-refractivity contribution is 0.359. The van der Waals surface area contributed by atoms with E-state index >= 15 is 0 Å². The van der Waals surface area contributed by atoms with Crippen molar-refractivity contribution < 1.29 is 18.3 Å². The van der Waals surface area contributed by atoms with Gasteiger partial charge < -0.3 is 15.2 Å². The molecule has 0 radical (unpaired) electrons. The molecule has 0 saturated carbocycles. The van der Waals surface area contributed by atoms with Gasteiger partial charge in [0.2, 0.25) is 0 Å². The molecule has 3 nitrogen and oxygen atoms in total. The van der Waals surface area contributed by atoms with Crippen LogP contribution in [0, 0.1) is 11.6 Å². The van der Waals surface area contributed by atoms with Gasteiger partial charge in [-0.3, -0.25) is 0 Å². The first-order chi connectivity index (χ1) is 10.1. The summed E-state index contributed by atoms with van der Waals surface area (Å²) in [5, 5.41) is 0. The SMILES string of the molecule is CCc1ccc(Oc2c(F)cc(CN)cc2F)c(OC)c1. The van der Waals surface area contributed by atoms with Crippen LogP contribution < -0.4 is 15.2 Å². The second-order valence-corrected chi connectivity index (χ2v) is 4.53. The van der Waals surface area contributed by atoms with E-state index in [1.54, 1.807) is 12.1 Å². The number of aryl methyl sites for hydroxylation is 1. The molecule has 21 heavy (non-hydrogen) atoms. The van der Waals surface area contributed by atoms with Crippen LogP contribution in [0.2, 0.25) is 0 Å². The molecule has 0 heterocycles. The minimum Gasteiger partial charge on any atom is -0.493 e. The molecule has 0 fully saturated rings. The first-order valence-electron chi connectivity index (χ1n) is 6.61. The van der Waals surface area contributed by atoms with Crippen molar-refractivity contribution >= 4 is 0 Å². The predicted molar refractivity (Wildman–Crippen MR) is 76.7 cm³/mol. The molecule has 2 N–H and O–H groups in total. The molecule has 5 heteroatoms. The van der Waals surface area contributed by atoms with E-state index in [1.807, 2.05) is 13.0 Å².